The van der Waals surface area contributed by atoms with Crippen LogP contribution in [0.15, 0.2) is 39.5 Å². The van der Waals surface area contributed by atoms with Gasteiger partial charge in [0.1, 0.15) is 11.3 Å². The number of nitrogens with one attached hydrogen (secondary N) is 1. The average Bonchev–Trinajstić information content (AvgIpc) is 2.73. The molecule has 0 saturated heterocycles. The van der Waals surface area contributed by atoms with Crippen LogP contribution in [0.3, 0.4) is 0 Å². The fraction of sp³-hybridized carbons (Fsp3) is 0. The molecule has 0 atom stereocenters. The second-order valence-corrected chi connectivity index (χ2v) is 5.70. The molecule has 0 fully saturated rings. The molecule has 0 spiro atoms. The number of halogens is 2. The molecule has 0 aliphatic heterocycles. The maximum absolute atomic E-state index is 5.94. The van der Waals surface area contributed by atoms with Gasteiger partial charge in [-0.1, -0.05) is 15.9 Å². The molecular weight excluding hydrogens is 360 g/mol. The van der Waals surface area contributed by atoms with Gasteiger partial charge in [-0.2, -0.15) is 0 Å². The molecule has 2 aromatic heterocycles. The van der Waals surface area contributed by atoms with Crippen LogP contribution in [-0.4, -0.2) is 15.0 Å². The second-order valence-electron chi connectivity index (χ2n) is 3.87. The minimum Gasteiger partial charge on any atom is -0.397 e. The minimum absolute atomic E-state index is 0.643. The standard InChI is InChI=1S/C12H8Br2N4/c13-7-2-9(15)11-10(3-7)17-12(18-11)6-1-8(14)5-16-4-6/h1-5H,15H2,(H,17,18). The van der Waals surface area contributed by atoms with E-state index in [1.807, 2.05) is 18.2 Å². The zero-order valence-corrected chi connectivity index (χ0v) is 12.3. The molecule has 0 radical (unpaired) electrons. The van der Waals surface area contributed by atoms with Gasteiger partial charge >= 0.3 is 0 Å². The summed E-state index contributed by atoms with van der Waals surface area (Å²) in [5.41, 5.74) is 9.17. The molecule has 0 bridgehead atoms. The van der Waals surface area contributed by atoms with Crippen LogP contribution in [0, 0.1) is 0 Å². The molecule has 3 rings (SSSR count). The Kier molecular flexibility index (Phi) is 2.83. The summed E-state index contributed by atoms with van der Waals surface area (Å²) < 4.78 is 1.84. The summed E-state index contributed by atoms with van der Waals surface area (Å²) >= 11 is 6.81. The Hall–Kier alpha value is -1.40. The van der Waals surface area contributed by atoms with Crippen molar-refractivity contribution >= 4 is 48.6 Å². The number of aromatic amines is 1. The number of aromatic nitrogens is 3. The first-order valence-corrected chi connectivity index (χ1v) is 6.78. The zero-order valence-electron chi connectivity index (χ0n) is 9.11. The molecular formula is C12H8Br2N4. The number of hydrogen-bond acceptors (Lipinski definition) is 3. The number of nitrogens with zero attached hydrogens (tertiary/aromatic N) is 2. The first kappa shape index (κ1) is 11.7. The van der Waals surface area contributed by atoms with E-state index >= 15 is 0 Å². The van der Waals surface area contributed by atoms with Gasteiger partial charge in [-0.05, 0) is 34.1 Å². The van der Waals surface area contributed by atoms with Crippen molar-refractivity contribution in [1.82, 2.24) is 15.0 Å². The van der Waals surface area contributed by atoms with Gasteiger partial charge in [-0.3, -0.25) is 4.98 Å². The smallest absolute Gasteiger partial charge is 0.140 e. The third-order valence-electron chi connectivity index (χ3n) is 2.56. The molecule has 0 aliphatic carbocycles. The number of benzene rings is 1. The summed E-state index contributed by atoms with van der Waals surface area (Å²) in [7, 11) is 0. The highest BCUT2D eigenvalue weighted by Crippen LogP contribution is 2.28. The molecule has 3 N–H and O–H groups in total. The highest BCUT2D eigenvalue weighted by atomic mass is 79.9. The monoisotopic (exact) mass is 366 g/mol. The second kappa shape index (κ2) is 4.37. The Morgan fingerprint density at radius 2 is 1.89 bits per heavy atom. The lowest BCUT2D eigenvalue weighted by atomic mass is 10.3. The van der Waals surface area contributed by atoms with Gasteiger partial charge in [0.15, 0.2) is 0 Å². The first-order valence-electron chi connectivity index (χ1n) is 5.19. The number of hydrogen-bond donors (Lipinski definition) is 2. The minimum atomic E-state index is 0.643. The molecule has 90 valence electrons. The summed E-state index contributed by atoms with van der Waals surface area (Å²) in [6, 6.07) is 5.75. The Morgan fingerprint density at radius 3 is 2.67 bits per heavy atom. The summed E-state index contributed by atoms with van der Waals surface area (Å²) in [5.74, 6) is 0.753. The van der Waals surface area contributed by atoms with Gasteiger partial charge < -0.3 is 10.7 Å². The Morgan fingerprint density at radius 1 is 1.06 bits per heavy atom. The van der Waals surface area contributed by atoms with Crippen LogP contribution in [-0.2, 0) is 0 Å². The van der Waals surface area contributed by atoms with E-state index in [9.17, 15) is 0 Å². The van der Waals surface area contributed by atoms with Gasteiger partial charge in [0.2, 0.25) is 0 Å². The molecule has 2 heterocycles. The van der Waals surface area contributed by atoms with Gasteiger partial charge in [0.25, 0.3) is 0 Å². The lowest BCUT2D eigenvalue weighted by Gasteiger charge is -1.95. The van der Waals surface area contributed by atoms with Crippen molar-refractivity contribution in [3.8, 4) is 11.4 Å². The fourth-order valence-electron chi connectivity index (χ4n) is 1.79. The van der Waals surface area contributed by atoms with Crippen LogP contribution in [0.5, 0.6) is 0 Å². The van der Waals surface area contributed by atoms with Crippen LogP contribution in [0.1, 0.15) is 0 Å². The quantitative estimate of drug-likeness (QED) is 0.644. The van der Waals surface area contributed by atoms with E-state index < -0.39 is 0 Å². The topological polar surface area (TPSA) is 67.6 Å². The van der Waals surface area contributed by atoms with Crippen molar-refractivity contribution in [1.29, 1.82) is 0 Å². The van der Waals surface area contributed by atoms with E-state index in [1.54, 1.807) is 12.4 Å². The summed E-state index contributed by atoms with van der Waals surface area (Å²) in [6.45, 7) is 0. The zero-order chi connectivity index (χ0) is 12.7. The highest BCUT2D eigenvalue weighted by molar-refractivity contribution is 9.10. The summed E-state index contributed by atoms with van der Waals surface area (Å²) in [5, 5.41) is 0. The summed E-state index contributed by atoms with van der Waals surface area (Å²) in [4.78, 5) is 11.9. The van der Waals surface area contributed by atoms with Crippen LogP contribution < -0.4 is 5.73 Å². The number of pyridine rings is 1. The number of rotatable bonds is 1. The molecule has 1 aromatic carbocycles. The van der Waals surface area contributed by atoms with Gasteiger partial charge in [0.05, 0.1) is 11.2 Å². The van der Waals surface area contributed by atoms with Crippen molar-refractivity contribution in [3.63, 3.8) is 0 Å². The molecule has 3 aromatic rings. The SMILES string of the molecule is Nc1cc(Br)cc2[nH]c(-c3cncc(Br)c3)nc12. The van der Waals surface area contributed by atoms with Crippen molar-refractivity contribution in [2.24, 2.45) is 0 Å². The lowest BCUT2D eigenvalue weighted by molar-refractivity contribution is 1.26. The number of anilines is 1. The molecule has 6 heteroatoms. The van der Waals surface area contributed by atoms with E-state index in [4.69, 9.17) is 5.73 Å². The van der Waals surface area contributed by atoms with Crippen LogP contribution >= 0.6 is 31.9 Å². The normalized spacial score (nSPS) is 11.0. The lowest BCUT2D eigenvalue weighted by Crippen LogP contribution is -1.86. The van der Waals surface area contributed by atoms with E-state index in [1.165, 1.54) is 0 Å². The number of nitrogens with two attached hydrogens (primary N) is 1. The average molecular weight is 368 g/mol. The van der Waals surface area contributed by atoms with Crippen molar-refractivity contribution in [2.45, 2.75) is 0 Å². The predicted molar refractivity (Wildman–Crippen MR) is 79.1 cm³/mol. The molecule has 18 heavy (non-hydrogen) atoms. The Labute approximate surface area is 120 Å². The van der Waals surface area contributed by atoms with E-state index in [0.29, 0.717) is 5.69 Å². The van der Waals surface area contributed by atoms with E-state index in [0.717, 1.165) is 31.4 Å². The highest BCUT2D eigenvalue weighted by Gasteiger charge is 2.09. The third-order valence-corrected chi connectivity index (χ3v) is 3.45. The van der Waals surface area contributed by atoms with E-state index in [2.05, 4.69) is 46.8 Å². The Balaban J connectivity index is 2.22. The molecule has 0 amide bonds. The maximum Gasteiger partial charge on any atom is 0.140 e. The van der Waals surface area contributed by atoms with E-state index in [-0.39, 0.29) is 0 Å². The number of nitrogen functional groups attached to an aromatic ring is 1. The van der Waals surface area contributed by atoms with Crippen molar-refractivity contribution in [2.75, 3.05) is 5.73 Å². The number of H-pyrrole nitrogens is 1. The van der Waals surface area contributed by atoms with Crippen LogP contribution in [0.4, 0.5) is 5.69 Å². The van der Waals surface area contributed by atoms with Crippen molar-refractivity contribution in [3.05, 3.63) is 39.5 Å². The largest absolute Gasteiger partial charge is 0.397 e. The van der Waals surface area contributed by atoms with Gasteiger partial charge in [-0.25, -0.2) is 4.98 Å². The van der Waals surface area contributed by atoms with Gasteiger partial charge in [0, 0.05) is 26.9 Å². The Bertz CT molecular complexity index is 736. The predicted octanol–water partition coefficient (Wildman–Crippen LogP) is 3.73. The van der Waals surface area contributed by atoms with Crippen LogP contribution in [0.2, 0.25) is 0 Å². The molecule has 0 unspecified atom stereocenters. The molecule has 4 nitrogen and oxygen atoms in total. The fourth-order valence-corrected chi connectivity index (χ4v) is 2.63. The van der Waals surface area contributed by atoms with Crippen LogP contribution in [0.25, 0.3) is 22.4 Å². The number of imidazole rings is 1. The third kappa shape index (κ3) is 2.02. The number of fused-ring (bicyclic) bond motifs is 1. The van der Waals surface area contributed by atoms with Crippen molar-refractivity contribution < 1.29 is 0 Å². The van der Waals surface area contributed by atoms with Gasteiger partial charge in [-0.15, -0.1) is 0 Å². The first-order chi connectivity index (χ1) is 8.63. The molecule has 0 saturated carbocycles. The summed E-state index contributed by atoms with van der Waals surface area (Å²) in [6.07, 6.45) is 3.49. The molecule has 0 aliphatic rings. The maximum atomic E-state index is 5.94.